The van der Waals surface area contributed by atoms with E-state index in [0.717, 1.165) is 18.4 Å². The lowest BCUT2D eigenvalue weighted by molar-refractivity contribution is 0.391. The number of benzene rings is 1. The average Bonchev–Trinajstić information content (AvgIpc) is 3.27. The molecule has 0 atom stereocenters. The number of hydrogen-bond donors (Lipinski definition) is 0. The van der Waals surface area contributed by atoms with Crippen LogP contribution in [0.1, 0.15) is 32.3 Å². The Bertz CT molecular complexity index is 717. The lowest BCUT2D eigenvalue weighted by Crippen LogP contribution is -2.36. The molecule has 4 heteroatoms. The monoisotopic (exact) mass is 331 g/mol. The Morgan fingerprint density at radius 3 is 2.39 bits per heavy atom. The van der Waals surface area contributed by atoms with Crippen molar-refractivity contribution in [3.63, 3.8) is 0 Å². The van der Waals surface area contributed by atoms with Crippen LogP contribution in [0, 0.1) is 30.1 Å². The van der Waals surface area contributed by atoms with Crippen molar-refractivity contribution in [3.05, 3.63) is 42.5 Å². The summed E-state index contributed by atoms with van der Waals surface area (Å²) in [5.74, 6) is 6.29. The highest BCUT2D eigenvalue weighted by Gasteiger charge is 2.43. The normalized spacial score (nSPS) is 16.0. The molecule has 1 aliphatic carbocycles. The molecule has 0 radical (unpaired) electrons. The molecule has 0 heterocycles. The number of rotatable bonds is 6. The molecule has 0 amide bonds. The summed E-state index contributed by atoms with van der Waals surface area (Å²) in [6, 6.07) is 6.98. The van der Waals surface area contributed by atoms with Gasteiger partial charge in [-0.05, 0) is 31.9 Å². The average molecular weight is 331 g/mol. The van der Waals surface area contributed by atoms with Crippen molar-refractivity contribution in [2.24, 2.45) is 11.3 Å². The fourth-order valence-corrected chi connectivity index (χ4v) is 3.80. The van der Waals surface area contributed by atoms with Crippen LogP contribution >= 0.6 is 0 Å². The molecule has 1 aromatic carbocycles. The molecule has 0 unspecified atom stereocenters. The molecule has 0 bridgehead atoms. The van der Waals surface area contributed by atoms with E-state index < -0.39 is 10.0 Å². The molecule has 0 aromatic heterocycles. The van der Waals surface area contributed by atoms with E-state index in [-0.39, 0.29) is 17.9 Å². The Labute approximate surface area is 140 Å². The summed E-state index contributed by atoms with van der Waals surface area (Å²) in [4.78, 5) is 0.328. The smallest absolute Gasteiger partial charge is 0.207 e. The highest BCUT2D eigenvalue weighted by atomic mass is 32.2. The lowest BCUT2D eigenvalue weighted by Gasteiger charge is -2.23. The van der Waals surface area contributed by atoms with E-state index >= 15 is 0 Å². The van der Waals surface area contributed by atoms with Crippen LogP contribution in [0.3, 0.4) is 0 Å². The Hall–Kier alpha value is -1.57. The van der Waals surface area contributed by atoms with Gasteiger partial charge >= 0.3 is 0 Å². The SMILES string of the molecule is C=CC1(CN(CC#CC(C)C)S(=O)(=O)c2ccc(C)cc2)CC1. The van der Waals surface area contributed by atoms with E-state index in [9.17, 15) is 8.42 Å². The summed E-state index contributed by atoms with van der Waals surface area (Å²) in [6.45, 7) is 10.5. The maximum atomic E-state index is 13.0. The summed E-state index contributed by atoms with van der Waals surface area (Å²) in [5, 5.41) is 0. The number of nitrogens with zero attached hydrogens (tertiary/aromatic N) is 1. The Balaban J connectivity index is 2.29. The minimum Gasteiger partial charge on any atom is -0.207 e. The number of sulfonamides is 1. The van der Waals surface area contributed by atoms with Crippen LogP contribution in [0.5, 0.6) is 0 Å². The van der Waals surface area contributed by atoms with Crippen LogP contribution < -0.4 is 0 Å². The topological polar surface area (TPSA) is 37.4 Å². The fraction of sp³-hybridized carbons (Fsp3) is 0.474. The number of aryl methyl sites for hydroxylation is 1. The zero-order chi connectivity index (χ0) is 17.1. The molecule has 3 nitrogen and oxygen atoms in total. The van der Waals surface area contributed by atoms with Crippen LogP contribution in [0.2, 0.25) is 0 Å². The Kier molecular flexibility index (Phi) is 5.33. The van der Waals surface area contributed by atoms with Crippen molar-refractivity contribution < 1.29 is 8.42 Å². The molecule has 0 aliphatic heterocycles. The molecule has 1 aliphatic rings. The van der Waals surface area contributed by atoms with Crippen LogP contribution in [0.4, 0.5) is 0 Å². The molecule has 1 fully saturated rings. The van der Waals surface area contributed by atoms with Crippen molar-refractivity contribution >= 4 is 10.0 Å². The zero-order valence-corrected chi connectivity index (χ0v) is 15.0. The summed E-state index contributed by atoms with van der Waals surface area (Å²) in [7, 11) is -3.54. The van der Waals surface area contributed by atoms with Gasteiger partial charge in [0.1, 0.15) is 0 Å². The molecular formula is C19H25NO2S. The largest absolute Gasteiger partial charge is 0.243 e. The summed E-state index contributed by atoms with van der Waals surface area (Å²) >= 11 is 0. The Morgan fingerprint density at radius 2 is 1.91 bits per heavy atom. The van der Waals surface area contributed by atoms with E-state index in [1.165, 1.54) is 4.31 Å². The second-order valence-corrected chi connectivity index (χ2v) is 8.57. The van der Waals surface area contributed by atoms with E-state index in [0.29, 0.717) is 11.4 Å². The van der Waals surface area contributed by atoms with E-state index in [1.807, 2.05) is 39.0 Å². The molecule has 124 valence electrons. The van der Waals surface area contributed by atoms with Gasteiger partial charge in [0.15, 0.2) is 0 Å². The van der Waals surface area contributed by atoms with Gasteiger partial charge in [0.25, 0.3) is 0 Å². The highest BCUT2D eigenvalue weighted by Crippen LogP contribution is 2.47. The van der Waals surface area contributed by atoms with Crippen LogP contribution in [0.25, 0.3) is 0 Å². The standard InChI is InChI=1S/C19H25NO2S/c1-5-19(12-13-19)15-20(14-6-7-16(2)3)23(21,22)18-10-8-17(4)9-11-18/h5,8-11,16H,1,12-15H2,2-4H3. The first-order chi connectivity index (χ1) is 10.8. The van der Waals surface area contributed by atoms with Crippen molar-refractivity contribution in [1.82, 2.24) is 4.31 Å². The molecule has 0 saturated heterocycles. The van der Waals surface area contributed by atoms with Gasteiger partial charge in [-0.15, -0.1) is 6.58 Å². The minimum atomic E-state index is -3.54. The lowest BCUT2D eigenvalue weighted by atomic mass is 10.1. The van der Waals surface area contributed by atoms with Crippen molar-refractivity contribution in [2.75, 3.05) is 13.1 Å². The molecular weight excluding hydrogens is 306 g/mol. The molecule has 0 N–H and O–H groups in total. The second kappa shape index (κ2) is 6.90. The van der Waals surface area contributed by atoms with Crippen molar-refractivity contribution in [3.8, 4) is 11.8 Å². The van der Waals surface area contributed by atoms with Gasteiger partial charge in [-0.25, -0.2) is 8.42 Å². The van der Waals surface area contributed by atoms with Crippen LogP contribution in [0.15, 0.2) is 41.8 Å². The van der Waals surface area contributed by atoms with Gasteiger partial charge in [-0.2, -0.15) is 4.31 Å². The van der Waals surface area contributed by atoms with E-state index in [1.54, 1.807) is 12.1 Å². The van der Waals surface area contributed by atoms with Gasteiger partial charge in [0.05, 0.1) is 11.4 Å². The zero-order valence-electron chi connectivity index (χ0n) is 14.2. The third kappa shape index (κ3) is 4.46. The van der Waals surface area contributed by atoms with Gasteiger partial charge in [0.2, 0.25) is 10.0 Å². The maximum Gasteiger partial charge on any atom is 0.243 e. The highest BCUT2D eigenvalue weighted by molar-refractivity contribution is 7.89. The van der Waals surface area contributed by atoms with Gasteiger partial charge in [-0.1, -0.05) is 49.5 Å². The third-order valence-corrected chi connectivity index (χ3v) is 5.93. The minimum absolute atomic E-state index is 0.0721. The first kappa shape index (κ1) is 17.8. The van der Waals surface area contributed by atoms with E-state index in [4.69, 9.17) is 0 Å². The molecule has 0 spiro atoms. The van der Waals surface area contributed by atoms with Crippen molar-refractivity contribution in [2.45, 2.75) is 38.5 Å². The Morgan fingerprint density at radius 1 is 1.30 bits per heavy atom. The molecule has 2 rings (SSSR count). The quantitative estimate of drug-likeness (QED) is 0.590. The maximum absolute atomic E-state index is 13.0. The third-order valence-electron chi connectivity index (χ3n) is 4.12. The summed E-state index contributed by atoms with van der Waals surface area (Å²) < 4.78 is 27.4. The molecule has 23 heavy (non-hydrogen) atoms. The van der Waals surface area contributed by atoms with Gasteiger partial charge < -0.3 is 0 Å². The summed E-state index contributed by atoms with van der Waals surface area (Å²) in [6.07, 6.45) is 3.88. The van der Waals surface area contributed by atoms with E-state index in [2.05, 4.69) is 18.4 Å². The van der Waals surface area contributed by atoms with Crippen LogP contribution in [-0.2, 0) is 10.0 Å². The van der Waals surface area contributed by atoms with Crippen LogP contribution in [-0.4, -0.2) is 25.8 Å². The number of hydrogen-bond acceptors (Lipinski definition) is 2. The fourth-order valence-electron chi connectivity index (χ4n) is 2.36. The predicted octanol–water partition coefficient (Wildman–Crippen LogP) is 3.61. The first-order valence-electron chi connectivity index (χ1n) is 7.98. The second-order valence-electron chi connectivity index (χ2n) is 6.63. The predicted molar refractivity (Wildman–Crippen MR) is 94.4 cm³/mol. The molecule has 1 saturated carbocycles. The van der Waals surface area contributed by atoms with Crippen molar-refractivity contribution in [1.29, 1.82) is 0 Å². The molecule has 1 aromatic rings. The van der Waals surface area contributed by atoms with Gasteiger partial charge in [0, 0.05) is 17.9 Å². The first-order valence-corrected chi connectivity index (χ1v) is 9.42. The van der Waals surface area contributed by atoms with Gasteiger partial charge in [-0.3, -0.25) is 0 Å². The summed E-state index contributed by atoms with van der Waals surface area (Å²) in [5.41, 5.74) is 0.969.